The Labute approximate surface area is 183 Å². The number of anilines is 1. The Bertz CT molecular complexity index is 1010. The van der Waals surface area contributed by atoms with Crippen molar-refractivity contribution >= 4 is 28.9 Å². The number of benzene rings is 2. The van der Waals surface area contributed by atoms with Crippen LogP contribution in [0.2, 0.25) is 5.02 Å². The van der Waals surface area contributed by atoms with Crippen molar-refractivity contribution < 1.29 is 22.7 Å². The second kappa shape index (κ2) is 8.42. The van der Waals surface area contributed by atoms with Gasteiger partial charge in [0.05, 0.1) is 23.9 Å². The van der Waals surface area contributed by atoms with E-state index in [9.17, 15) is 18.0 Å². The van der Waals surface area contributed by atoms with Crippen molar-refractivity contribution in [2.24, 2.45) is 5.10 Å². The number of carbonyl (C=O) groups excluding carboxylic acids is 1. The Balaban J connectivity index is 1.66. The van der Waals surface area contributed by atoms with E-state index in [-0.39, 0.29) is 16.8 Å². The molecule has 2 heterocycles. The summed E-state index contributed by atoms with van der Waals surface area (Å²) in [6.45, 7) is 0.467. The third kappa shape index (κ3) is 4.21. The average Bonchev–Trinajstić information content (AvgIpc) is 3.41. The van der Waals surface area contributed by atoms with Crippen LogP contribution in [0.5, 0.6) is 5.75 Å². The SMILES string of the molecule is COc1cccc(C2CCCN2C(=O)C2CC(C(F)(F)F)=NN2c2ccccc2Cl)c1. The van der Waals surface area contributed by atoms with Gasteiger partial charge < -0.3 is 9.64 Å². The molecule has 1 amide bonds. The largest absolute Gasteiger partial charge is 0.497 e. The maximum Gasteiger partial charge on any atom is 0.431 e. The number of amides is 1. The predicted molar refractivity (Wildman–Crippen MR) is 113 cm³/mol. The molecule has 2 aromatic rings. The second-order valence-electron chi connectivity index (χ2n) is 7.53. The zero-order valence-corrected chi connectivity index (χ0v) is 17.5. The van der Waals surface area contributed by atoms with Crippen molar-refractivity contribution in [1.29, 1.82) is 0 Å². The second-order valence-corrected chi connectivity index (χ2v) is 7.93. The summed E-state index contributed by atoms with van der Waals surface area (Å²) < 4.78 is 45.7. The number of nitrogens with zero attached hydrogens (tertiary/aromatic N) is 3. The smallest absolute Gasteiger partial charge is 0.431 e. The summed E-state index contributed by atoms with van der Waals surface area (Å²) in [6.07, 6.45) is -3.65. The Morgan fingerprint density at radius 3 is 2.68 bits per heavy atom. The summed E-state index contributed by atoms with van der Waals surface area (Å²) in [4.78, 5) is 15.2. The van der Waals surface area contributed by atoms with Gasteiger partial charge in [-0.1, -0.05) is 35.9 Å². The summed E-state index contributed by atoms with van der Waals surface area (Å²) in [7, 11) is 1.56. The first kappa shape index (κ1) is 21.5. The molecule has 2 atom stereocenters. The molecule has 5 nitrogen and oxygen atoms in total. The van der Waals surface area contributed by atoms with E-state index < -0.39 is 30.3 Å². The highest BCUT2D eigenvalue weighted by Gasteiger charge is 2.48. The molecule has 0 radical (unpaired) electrons. The van der Waals surface area contributed by atoms with Crippen molar-refractivity contribution in [3.05, 3.63) is 59.1 Å². The van der Waals surface area contributed by atoms with Gasteiger partial charge in [-0.05, 0) is 42.7 Å². The molecule has 2 aliphatic heterocycles. The number of hydrogen-bond donors (Lipinski definition) is 0. The van der Waals surface area contributed by atoms with Gasteiger partial charge in [0, 0.05) is 13.0 Å². The highest BCUT2D eigenvalue weighted by Crippen LogP contribution is 2.39. The summed E-state index contributed by atoms with van der Waals surface area (Å²) in [5.74, 6) is 0.270. The van der Waals surface area contributed by atoms with Gasteiger partial charge in [0.1, 0.15) is 17.5 Å². The predicted octanol–water partition coefficient (Wildman–Crippen LogP) is 5.21. The Morgan fingerprint density at radius 2 is 1.97 bits per heavy atom. The fourth-order valence-corrected chi connectivity index (χ4v) is 4.37. The standard InChI is InChI=1S/C22H21ClF3N3O2/c1-31-15-7-4-6-14(12-15)17-10-5-11-28(17)21(30)19-13-20(22(24,25)26)27-29(19)18-9-3-2-8-16(18)23/h2-4,6-9,12,17,19H,5,10-11,13H2,1H3. The number of likely N-dealkylation sites (tertiary alicyclic amines) is 1. The number of hydrogen-bond acceptors (Lipinski definition) is 4. The highest BCUT2D eigenvalue weighted by atomic mass is 35.5. The van der Waals surface area contributed by atoms with Gasteiger partial charge in [0.25, 0.3) is 0 Å². The summed E-state index contributed by atoms with van der Waals surface area (Å²) >= 11 is 6.22. The number of alkyl halides is 3. The highest BCUT2D eigenvalue weighted by molar-refractivity contribution is 6.33. The van der Waals surface area contributed by atoms with Crippen LogP contribution in [0.1, 0.15) is 30.9 Å². The maximum atomic E-state index is 13.5. The van der Waals surface area contributed by atoms with Gasteiger partial charge >= 0.3 is 6.18 Å². The number of halogens is 4. The molecule has 31 heavy (non-hydrogen) atoms. The fraction of sp³-hybridized carbons (Fsp3) is 0.364. The summed E-state index contributed by atoms with van der Waals surface area (Å²) in [6, 6.07) is 12.5. The maximum absolute atomic E-state index is 13.5. The minimum absolute atomic E-state index is 0.231. The zero-order chi connectivity index (χ0) is 22.2. The lowest BCUT2D eigenvalue weighted by Gasteiger charge is -2.31. The molecule has 2 aromatic carbocycles. The monoisotopic (exact) mass is 451 g/mol. The third-order valence-corrected chi connectivity index (χ3v) is 5.96. The molecule has 4 rings (SSSR count). The molecule has 0 N–H and O–H groups in total. The number of methoxy groups -OCH3 is 1. The lowest BCUT2D eigenvalue weighted by atomic mass is 10.0. The summed E-state index contributed by atoms with van der Waals surface area (Å²) in [5, 5.41) is 5.12. The van der Waals surface area contributed by atoms with Crippen LogP contribution in [0.15, 0.2) is 53.6 Å². The van der Waals surface area contributed by atoms with E-state index in [1.54, 1.807) is 36.3 Å². The number of para-hydroxylation sites is 1. The number of carbonyl (C=O) groups is 1. The number of hydrazone groups is 1. The quantitative estimate of drug-likeness (QED) is 0.641. The van der Waals surface area contributed by atoms with Gasteiger partial charge in [-0.25, -0.2) is 0 Å². The van der Waals surface area contributed by atoms with Crippen LogP contribution in [-0.2, 0) is 4.79 Å². The van der Waals surface area contributed by atoms with Crippen LogP contribution in [0.25, 0.3) is 0 Å². The van der Waals surface area contributed by atoms with E-state index in [1.807, 2.05) is 24.3 Å². The summed E-state index contributed by atoms with van der Waals surface area (Å²) in [5.41, 5.74) is 0.186. The van der Waals surface area contributed by atoms with Crippen LogP contribution in [-0.4, -0.2) is 42.4 Å². The van der Waals surface area contributed by atoms with E-state index in [1.165, 1.54) is 0 Å². The zero-order valence-electron chi connectivity index (χ0n) is 16.8. The molecule has 164 valence electrons. The van der Waals surface area contributed by atoms with E-state index in [4.69, 9.17) is 16.3 Å². The van der Waals surface area contributed by atoms with Crippen molar-refractivity contribution in [3.8, 4) is 5.75 Å². The van der Waals surface area contributed by atoms with Gasteiger partial charge in [-0.3, -0.25) is 9.80 Å². The molecule has 1 saturated heterocycles. The molecular formula is C22H21ClF3N3O2. The van der Waals surface area contributed by atoms with E-state index in [0.29, 0.717) is 12.3 Å². The lowest BCUT2D eigenvalue weighted by molar-refractivity contribution is -0.133. The Morgan fingerprint density at radius 1 is 1.19 bits per heavy atom. The Kier molecular flexibility index (Phi) is 5.83. The van der Waals surface area contributed by atoms with E-state index >= 15 is 0 Å². The van der Waals surface area contributed by atoms with Crippen LogP contribution >= 0.6 is 11.6 Å². The average molecular weight is 452 g/mol. The van der Waals surface area contributed by atoms with Gasteiger partial charge in [-0.15, -0.1) is 0 Å². The Hall–Kier alpha value is -2.74. The molecule has 2 aliphatic rings. The van der Waals surface area contributed by atoms with Crippen LogP contribution < -0.4 is 9.75 Å². The molecule has 1 fully saturated rings. The number of rotatable bonds is 4. The van der Waals surface area contributed by atoms with Gasteiger partial charge in [0.15, 0.2) is 0 Å². The molecule has 9 heteroatoms. The van der Waals surface area contributed by atoms with Crippen molar-refractivity contribution in [1.82, 2.24) is 4.90 Å². The fourth-order valence-electron chi connectivity index (χ4n) is 4.15. The lowest BCUT2D eigenvalue weighted by Crippen LogP contribution is -2.45. The van der Waals surface area contributed by atoms with Crippen LogP contribution in [0.4, 0.5) is 18.9 Å². The normalized spacial score (nSPS) is 21.4. The minimum Gasteiger partial charge on any atom is -0.497 e. The molecule has 0 aliphatic carbocycles. The third-order valence-electron chi connectivity index (χ3n) is 5.64. The molecule has 0 aromatic heterocycles. The van der Waals surface area contributed by atoms with Gasteiger partial charge in [0.2, 0.25) is 5.91 Å². The molecule has 2 unspecified atom stereocenters. The van der Waals surface area contributed by atoms with E-state index in [2.05, 4.69) is 5.10 Å². The molecule has 0 saturated carbocycles. The van der Waals surface area contributed by atoms with Crippen molar-refractivity contribution in [2.75, 3.05) is 18.7 Å². The first-order chi connectivity index (χ1) is 14.8. The topological polar surface area (TPSA) is 45.1 Å². The first-order valence-electron chi connectivity index (χ1n) is 9.92. The molecule has 0 spiro atoms. The van der Waals surface area contributed by atoms with Gasteiger partial charge in [-0.2, -0.15) is 18.3 Å². The van der Waals surface area contributed by atoms with E-state index in [0.717, 1.165) is 23.4 Å². The minimum atomic E-state index is -4.62. The first-order valence-corrected chi connectivity index (χ1v) is 10.3. The van der Waals surface area contributed by atoms with Crippen molar-refractivity contribution in [3.63, 3.8) is 0 Å². The molecular weight excluding hydrogens is 431 g/mol. The van der Waals surface area contributed by atoms with Crippen LogP contribution in [0, 0.1) is 0 Å². The molecule has 0 bridgehead atoms. The van der Waals surface area contributed by atoms with Crippen molar-refractivity contribution in [2.45, 2.75) is 37.5 Å². The number of ether oxygens (including phenoxy) is 1. The van der Waals surface area contributed by atoms with Crippen LogP contribution in [0.3, 0.4) is 0 Å².